The van der Waals surface area contributed by atoms with Crippen LogP contribution in [0.2, 0.25) is 5.54 Å². The van der Waals surface area contributed by atoms with Crippen molar-refractivity contribution in [1.29, 1.82) is 0 Å². The van der Waals surface area contributed by atoms with Crippen molar-refractivity contribution in [2.24, 2.45) is 0 Å². The Morgan fingerprint density at radius 3 is 1.32 bits per heavy atom. The molecule has 3 aromatic rings. The molecule has 0 bridgehead atoms. The second-order valence-electron chi connectivity index (χ2n) is 6.41. The molecule has 0 radical (unpaired) electrons. The molecule has 0 aliphatic heterocycles. The zero-order valence-electron chi connectivity index (χ0n) is 14.6. The van der Waals surface area contributed by atoms with Gasteiger partial charge in [-0.15, -0.1) is 0 Å². The highest BCUT2D eigenvalue weighted by Gasteiger charge is 2.45. The fourth-order valence-electron chi connectivity index (χ4n) is 3.77. The molecule has 0 saturated heterocycles. The molecule has 0 fully saturated rings. The zero-order chi connectivity index (χ0) is 17.7. The van der Waals surface area contributed by atoms with E-state index in [2.05, 4.69) is 85.7 Å². The van der Waals surface area contributed by atoms with Gasteiger partial charge in [0.2, 0.25) is 0 Å². The van der Waals surface area contributed by atoms with Crippen molar-refractivity contribution in [1.82, 2.24) is 0 Å². The molecule has 1 nitrogen and oxygen atoms in total. The van der Waals surface area contributed by atoms with Gasteiger partial charge in [-0.1, -0.05) is 97.9 Å². The van der Waals surface area contributed by atoms with Crippen LogP contribution in [0.5, 0.6) is 0 Å². The van der Waals surface area contributed by atoms with E-state index in [-0.39, 0.29) is 5.54 Å². The van der Waals surface area contributed by atoms with Gasteiger partial charge in [-0.2, -0.15) is 0 Å². The maximum Gasteiger partial charge on any atom is 0.155 e. The quantitative estimate of drug-likeness (QED) is 0.395. The second-order valence-corrected chi connectivity index (χ2v) is 10.6. The summed E-state index contributed by atoms with van der Waals surface area (Å²) < 4.78 is 0. The van der Waals surface area contributed by atoms with Crippen molar-refractivity contribution >= 4 is 29.6 Å². The van der Waals surface area contributed by atoms with Crippen LogP contribution in [0.4, 0.5) is 0 Å². The molecule has 124 valence electrons. The third-order valence-electron chi connectivity index (χ3n) is 5.15. The van der Waals surface area contributed by atoms with Crippen LogP contribution in [-0.2, 0) is 4.79 Å². The highest BCUT2D eigenvalue weighted by atomic mass is 28.3. The highest BCUT2D eigenvalue weighted by molar-refractivity contribution is 7.12. The first-order valence-electron chi connectivity index (χ1n) is 8.59. The van der Waals surface area contributed by atoms with Gasteiger partial charge in [0.25, 0.3) is 0 Å². The maximum absolute atomic E-state index is 11.5. The van der Waals surface area contributed by atoms with Gasteiger partial charge < -0.3 is 0 Å². The summed E-state index contributed by atoms with van der Waals surface area (Å²) in [5, 5.41) is 3.94. The van der Waals surface area contributed by atoms with E-state index in [0.717, 1.165) is 5.57 Å². The van der Waals surface area contributed by atoms with Crippen molar-refractivity contribution in [3.8, 4) is 0 Å². The van der Waals surface area contributed by atoms with E-state index in [1.807, 2.05) is 25.1 Å². The first-order chi connectivity index (χ1) is 12.2. The van der Waals surface area contributed by atoms with Crippen LogP contribution in [-0.4, -0.2) is 14.0 Å². The van der Waals surface area contributed by atoms with Gasteiger partial charge in [0.15, 0.2) is 8.07 Å². The summed E-state index contributed by atoms with van der Waals surface area (Å²) in [7, 11) is -2.41. The largest absolute Gasteiger partial charge is 0.234 e. The number of hydrogen-bond acceptors (Lipinski definition) is 1. The smallest absolute Gasteiger partial charge is 0.155 e. The predicted molar refractivity (Wildman–Crippen MR) is 108 cm³/mol. The minimum Gasteiger partial charge on any atom is -0.234 e. The zero-order valence-corrected chi connectivity index (χ0v) is 15.6. The third-order valence-corrected chi connectivity index (χ3v) is 10.6. The molecule has 0 spiro atoms. The number of hydrogen-bond donors (Lipinski definition) is 0. The molecule has 0 aliphatic carbocycles. The summed E-state index contributed by atoms with van der Waals surface area (Å²) in [4.78, 5) is 11.5. The molecular formula is C23H22OSi. The molecule has 3 aromatic carbocycles. The maximum atomic E-state index is 11.5. The number of rotatable bonds is 5. The molecule has 2 heteroatoms. The lowest BCUT2D eigenvalue weighted by molar-refractivity contribution is 0.566. The Kier molecular flexibility index (Phi) is 5.13. The minimum atomic E-state index is -2.41. The van der Waals surface area contributed by atoms with Gasteiger partial charge in [0, 0.05) is 5.57 Å². The van der Waals surface area contributed by atoms with Crippen LogP contribution in [0.25, 0.3) is 0 Å². The van der Waals surface area contributed by atoms with E-state index >= 15 is 0 Å². The molecule has 0 aliphatic rings. The van der Waals surface area contributed by atoms with Crippen molar-refractivity contribution < 1.29 is 4.79 Å². The summed E-state index contributed by atoms with van der Waals surface area (Å²) in [5.41, 5.74) is 0.889. The Balaban J connectivity index is 2.42. The van der Waals surface area contributed by atoms with E-state index in [1.165, 1.54) is 15.6 Å². The van der Waals surface area contributed by atoms with Crippen LogP contribution in [0.3, 0.4) is 0 Å². The van der Waals surface area contributed by atoms with E-state index < -0.39 is 8.07 Å². The summed E-state index contributed by atoms with van der Waals surface area (Å²) in [6.45, 7) is 4.09. The highest BCUT2D eigenvalue weighted by Crippen LogP contribution is 2.27. The Labute approximate surface area is 150 Å². The lowest BCUT2D eigenvalue weighted by Crippen LogP contribution is -2.69. The van der Waals surface area contributed by atoms with Crippen LogP contribution in [0, 0.1) is 0 Å². The fraction of sp³-hybridized carbons (Fsp3) is 0.130. The lowest BCUT2D eigenvalue weighted by atomic mass is 10.2. The normalized spacial score (nSPS) is 12.2. The van der Waals surface area contributed by atoms with Crippen LogP contribution < -0.4 is 15.6 Å². The van der Waals surface area contributed by atoms with Gasteiger partial charge >= 0.3 is 0 Å². The summed E-state index contributed by atoms with van der Waals surface area (Å²) in [6.07, 6.45) is 0. The Hall–Kier alpha value is -2.67. The molecular weight excluding hydrogens is 320 g/mol. The van der Waals surface area contributed by atoms with Crippen molar-refractivity contribution in [2.45, 2.75) is 19.4 Å². The van der Waals surface area contributed by atoms with Crippen LogP contribution >= 0.6 is 0 Å². The van der Waals surface area contributed by atoms with E-state index in [9.17, 15) is 4.79 Å². The molecule has 1 atom stereocenters. The van der Waals surface area contributed by atoms with Gasteiger partial charge in [0.05, 0.1) is 0 Å². The monoisotopic (exact) mass is 342 g/mol. The topological polar surface area (TPSA) is 17.1 Å². The van der Waals surface area contributed by atoms with E-state index in [4.69, 9.17) is 0 Å². The molecule has 1 unspecified atom stereocenters. The SMILES string of the molecule is CC(=C=O)C(C)[Si](c1ccccc1)(c1ccccc1)c1ccccc1. The van der Waals surface area contributed by atoms with Gasteiger partial charge in [0.1, 0.15) is 5.94 Å². The lowest BCUT2D eigenvalue weighted by Gasteiger charge is -2.38. The molecule has 3 rings (SSSR count). The number of benzene rings is 3. The standard InChI is InChI=1S/C23H22OSi/c1-19(18-24)20(2)25(21-12-6-3-7-13-21,22-14-8-4-9-15-22)23-16-10-5-11-17-23/h3-17,20H,1-2H3. The average molecular weight is 343 g/mol. The molecule has 0 aromatic heterocycles. The predicted octanol–water partition coefficient (Wildman–Crippen LogP) is 3.32. The van der Waals surface area contributed by atoms with Gasteiger partial charge in [-0.05, 0) is 28.0 Å². The van der Waals surface area contributed by atoms with Gasteiger partial charge in [-0.25, -0.2) is 4.79 Å². The summed E-state index contributed by atoms with van der Waals surface area (Å²) in [6, 6.07) is 32.0. The van der Waals surface area contributed by atoms with Crippen LogP contribution in [0.1, 0.15) is 13.8 Å². The first-order valence-corrected chi connectivity index (χ1v) is 10.7. The van der Waals surface area contributed by atoms with Crippen molar-refractivity contribution in [3.63, 3.8) is 0 Å². The molecule has 0 saturated carbocycles. The first kappa shape index (κ1) is 17.2. The van der Waals surface area contributed by atoms with Crippen molar-refractivity contribution in [2.75, 3.05) is 0 Å². The van der Waals surface area contributed by atoms with Crippen molar-refractivity contribution in [3.05, 3.63) is 96.6 Å². The minimum absolute atomic E-state index is 0.109. The third kappa shape index (κ3) is 3.02. The summed E-state index contributed by atoms with van der Waals surface area (Å²) >= 11 is 0. The molecule has 0 N–H and O–H groups in total. The second kappa shape index (κ2) is 7.48. The molecule has 0 heterocycles. The molecule has 25 heavy (non-hydrogen) atoms. The average Bonchev–Trinajstić information content (AvgIpc) is 2.70. The fourth-order valence-corrected chi connectivity index (χ4v) is 9.13. The van der Waals surface area contributed by atoms with E-state index in [1.54, 1.807) is 0 Å². The summed E-state index contributed by atoms with van der Waals surface area (Å²) in [5.74, 6) is 2.18. The number of carbonyl (C=O) groups excluding carboxylic acids is 1. The Morgan fingerprint density at radius 2 is 1.04 bits per heavy atom. The van der Waals surface area contributed by atoms with Crippen LogP contribution in [0.15, 0.2) is 96.6 Å². The van der Waals surface area contributed by atoms with Gasteiger partial charge in [-0.3, -0.25) is 0 Å². The number of allylic oxidation sites excluding steroid dienone is 1. The molecule has 0 amide bonds. The Morgan fingerprint density at radius 1 is 0.720 bits per heavy atom. The Bertz CT molecular complexity index is 769. The van der Waals surface area contributed by atoms with E-state index in [0.29, 0.717) is 0 Å².